The van der Waals surface area contributed by atoms with Crippen LogP contribution < -0.4 is 4.31 Å². The highest BCUT2D eigenvalue weighted by molar-refractivity contribution is 7.92. The lowest BCUT2D eigenvalue weighted by Gasteiger charge is -2.24. The van der Waals surface area contributed by atoms with Crippen molar-refractivity contribution in [3.63, 3.8) is 0 Å². The molecular weight excluding hydrogens is 274 g/mol. The molecule has 0 saturated carbocycles. The quantitative estimate of drug-likeness (QED) is 0.781. The third-order valence-corrected chi connectivity index (χ3v) is 4.44. The summed E-state index contributed by atoms with van der Waals surface area (Å²) in [6.45, 7) is 4.91. The van der Waals surface area contributed by atoms with Crippen molar-refractivity contribution < 1.29 is 13.2 Å². The first-order chi connectivity index (χ1) is 8.27. The summed E-state index contributed by atoms with van der Waals surface area (Å²) in [7, 11) is -3.52. The average molecular weight is 290 g/mol. The summed E-state index contributed by atoms with van der Waals surface area (Å²) in [6, 6.07) is 5.36. The zero-order chi connectivity index (χ0) is 13.9. The number of rotatable bonds is 5. The molecule has 0 amide bonds. The van der Waals surface area contributed by atoms with E-state index in [0.717, 1.165) is 15.4 Å². The first-order valence-corrected chi connectivity index (χ1v) is 7.52. The van der Waals surface area contributed by atoms with E-state index in [1.54, 1.807) is 19.1 Å². The maximum Gasteiger partial charge on any atom is 0.242 e. The van der Waals surface area contributed by atoms with Crippen molar-refractivity contribution in [2.75, 3.05) is 16.6 Å². The summed E-state index contributed by atoms with van der Waals surface area (Å²) in [4.78, 5) is 11.0. The van der Waals surface area contributed by atoms with Crippen molar-refractivity contribution in [1.82, 2.24) is 0 Å². The van der Waals surface area contributed by atoms with E-state index in [2.05, 4.69) is 0 Å². The molecule has 0 aromatic heterocycles. The van der Waals surface area contributed by atoms with Crippen LogP contribution in [0.15, 0.2) is 18.2 Å². The molecule has 18 heavy (non-hydrogen) atoms. The van der Waals surface area contributed by atoms with Crippen molar-refractivity contribution in [1.29, 1.82) is 0 Å². The van der Waals surface area contributed by atoms with Crippen LogP contribution in [0.1, 0.15) is 18.1 Å². The zero-order valence-corrected chi connectivity index (χ0v) is 12.2. The minimum atomic E-state index is -3.52. The molecule has 1 aromatic carbocycles. The SMILES string of the molecule is CCS(=O)(=O)N(CC(=O)Cl)c1ccc(C)cc1C. The molecular formula is C12H16ClNO3S. The number of nitrogens with zero attached hydrogens (tertiary/aromatic N) is 1. The number of carbonyl (C=O) groups is 1. The number of aryl methyl sites for hydroxylation is 2. The third kappa shape index (κ3) is 3.46. The van der Waals surface area contributed by atoms with Crippen molar-refractivity contribution in [2.24, 2.45) is 0 Å². The summed E-state index contributed by atoms with van der Waals surface area (Å²) in [5.74, 6) is -0.0789. The summed E-state index contributed by atoms with van der Waals surface area (Å²) in [5, 5.41) is -0.702. The molecule has 0 aliphatic heterocycles. The van der Waals surface area contributed by atoms with E-state index in [0.29, 0.717) is 5.69 Å². The average Bonchev–Trinajstić information content (AvgIpc) is 2.26. The maximum atomic E-state index is 12.0. The molecule has 0 fully saturated rings. The number of benzene rings is 1. The Labute approximate surface area is 113 Å². The van der Waals surface area contributed by atoms with Gasteiger partial charge in [-0.25, -0.2) is 8.42 Å². The van der Waals surface area contributed by atoms with Gasteiger partial charge in [0, 0.05) is 0 Å². The second kappa shape index (κ2) is 5.71. The fourth-order valence-corrected chi connectivity index (χ4v) is 3.01. The van der Waals surface area contributed by atoms with Gasteiger partial charge in [-0.15, -0.1) is 0 Å². The van der Waals surface area contributed by atoms with Gasteiger partial charge in [0.2, 0.25) is 15.3 Å². The molecule has 0 unspecified atom stereocenters. The molecule has 0 saturated heterocycles. The highest BCUT2D eigenvalue weighted by atomic mass is 35.5. The lowest BCUT2D eigenvalue weighted by atomic mass is 10.1. The second-order valence-corrected chi connectivity index (χ2v) is 6.66. The van der Waals surface area contributed by atoms with E-state index in [1.807, 2.05) is 13.0 Å². The first-order valence-electron chi connectivity index (χ1n) is 5.54. The summed E-state index contributed by atoms with van der Waals surface area (Å²) >= 11 is 5.32. The van der Waals surface area contributed by atoms with Crippen LogP contribution in [0.4, 0.5) is 5.69 Å². The molecule has 1 aromatic rings. The van der Waals surface area contributed by atoms with Crippen LogP contribution in [-0.4, -0.2) is 26.0 Å². The standard InChI is InChI=1S/C12H16ClNO3S/c1-4-18(16,17)14(8-12(13)15)11-6-5-9(2)7-10(11)3/h5-7H,4,8H2,1-3H3. The van der Waals surface area contributed by atoms with E-state index in [1.165, 1.54) is 6.92 Å². The van der Waals surface area contributed by atoms with Crippen LogP contribution in [0, 0.1) is 13.8 Å². The predicted molar refractivity (Wildman–Crippen MR) is 73.6 cm³/mol. The topological polar surface area (TPSA) is 54.5 Å². The Kier molecular flexibility index (Phi) is 4.76. The summed E-state index contributed by atoms with van der Waals surface area (Å²) in [5.41, 5.74) is 2.32. The van der Waals surface area contributed by atoms with Gasteiger partial charge < -0.3 is 0 Å². The lowest BCUT2D eigenvalue weighted by molar-refractivity contribution is -0.110. The van der Waals surface area contributed by atoms with Crippen LogP contribution in [0.2, 0.25) is 0 Å². The molecule has 100 valence electrons. The predicted octanol–water partition coefficient (Wildman–Crippen LogP) is 2.22. The summed E-state index contributed by atoms with van der Waals surface area (Å²) < 4.78 is 25.0. The number of anilines is 1. The number of carbonyl (C=O) groups excluding carboxylic acids is 1. The van der Waals surface area contributed by atoms with Crippen molar-refractivity contribution in [3.05, 3.63) is 29.3 Å². The van der Waals surface area contributed by atoms with Gasteiger partial charge in [-0.1, -0.05) is 17.7 Å². The Morgan fingerprint density at radius 3 is 2.39 bits per heavy atom. The van der Waals surface area contributed by atoms with Crippen molar-refractivity contribution >= 4 is 32.6 Å². The molecule has 0 aliphatic rings. The number of hydrogen-bond donors (Lipinski definition) is 0. The number of hydrogen-bond acceptors (Lipinski definition) is 3. The first kappa shape index (κ1) is 15.0. The highest BCUT2D eigenvalue weighted by Crippen LogP contribution is 2.24. The number of sulfonamides is 1. The van der Waals surface area contributed by atoms with Crippen LogP contribution in [-0.2, 0) is 14.8 Å². The maximum absolute atomic E-state index is 12.0. The minimum absolute atomic E-state index is 0.0789. The van der Waals surface area contributed by atoms with Gasteiger partial charge in [0.25, 0.3) is 0 Å². The van der Waals surface area contributed by atoms with Gasteiger partial charge in [0.05, 0.1) is 11.4 Å². The van der Waals surface area contributed by atoms with Crippen LogP contribution in [0.5, 0.6) is 0 Å². The highest BCUT2D eigenvalue weighted by Gasteiger charge is 2.23. The molecule has 0 heterocycles. The molecule has 4 nitrogen and oxygen atoms in total. The van der Waals surface area contributed by atoms with E-state index in [9.17, 15) is 13.2 Å². The van der Waals surface area contributed by atoms with Gasteiger partial charge in [0.1, 0.15) is 6.54 Å². The molecule has 0 atom stereocenters. The Morgan fingerprint density at radius 2 is 1.94 bits per heavy atom. The minimum Gasteiger partial charge on any atom is -0.279 e. The lowest BCUT2D eigenvalue weighted by Crippen LogP contribution is -2.36. The number of halogens is 1. The summed E-state index contributed by atoms with van der Waals surface area (Å²) in [6.07, 6.45) is 0. The molecule has 0 N–H and O–H groups in total. The van der Waals surface area contributed by atoms with Crippen LogP contribution >= 0.6 is 11.6 Å². The Balaban J connectivity index is 3.30. The molecule has 0 bridgehead atoms. The second-order valence-electron chi connectivity index (χ2n) is 4.05. The van der Waals surface area contributed by atoms with E-state index >= 15 is 0 Å². The molecule has 6 heteroatoms. The van der Waals surface area contributed by atoms with Crippen molar-refractivity contribution in [3.8, 4) is 0 Å². The Morgan fingerprint density at radius 1 is 1.33 bits per heavy atom. The largest absolute Gasteiger partial charge is 0.279 e. The molecule has 0 radical (unpaired) electrons. The van der Waals surface area contributed by atoms with E-state index < -0.39 is 15.3 Å². The molecule has 1 rings (SSSR count). The monoisotopic (exact) mass is 289 g/mol. The van der Waals surface area contributed by atoms with Gasteiger partial charge in [0.15, 0.2) is 0 Å². The van der Waals surface area contributed by atoms with Gasteiger partial charge in [-0.05, 0) is 44.0 Å². The van der Waals surface area contributed by atoms with E-state index in [4.69, 9.17) is 11.6 Å². The van der Waals surface area contributed by atoms with E-state index in [-0.39, 0.29) is 12.3 Å². The zero-order valence-electron chi connectivity index (χ0n) is 10.6. The normalized spacial score (nSPS) is 11.3. The smallest absolute Gasteiger partial charge is 0.242 e. The van der Waals surface area contributed by atoms with Crippen LogP contribution in [0.3, 0.4) is 0 Å². The van der Waals surface area contributed by atoms with Crippen LogP contribution in [0.25, 0.3) is 0 Å². The van der Waals surface area contributed by atoms with Gasteiger partial charge in [-0.3, -0.25) is 9.10 Å². The van der Waals surface area contributed by atoms with Gasteiger partial charge >= 0.3 is 0 Å². The third-order valence-electron chi connectivity index (χ3n) is 2.59. The molecule has 0 aliphatic carbocycles. The Hall–Kier alpha value is -1.07. The Bertz CT molecular complexity index is 554. The fourth-order valence-electron chi connectivity index (χ4n) is 1.69. The molecule has 0 spiro atoms. The van der Waals surface area contributed by atoms with Gasteiger partial charge in [-0.2, -0.15) is 0 Å². The van der Waals surface area contributed by atoms with Crippen molar-refractivity contribution in [2.45, 2.75) is 20.8 Å². The fraction of sp³-hybridized carbons (Fsp3) is 0.417.